The first-order valence-corrected chi connectivity index (χ1v) is 5.71. The van der Waals surface area contributed by atoms with Gasteiger partial charge in [0.2, 0.25) is 5.28 Å². The maximum absolute atomic E-state index is 5.84. The number of fused-ring (bicyclic) bond motifs is 1. The minimum atomic E-state index is 0.179. The van der Waals surface area contributed by atoms with Crippen molar-refractivity contribution in [1.29, 1.82) is 0 Å². The van der Waals surface area contributed by atoms with Gasteiger partial charge in [0, 0.05) is 17.8 Å². The number of hydrogen-bond acceptors (Lipinski definition) is 5. The molecule has 3 aromatic heterocycles. The van der Waals surface area contributed by atoms with Crippen molar-refractivity contribution in [2.45, 2.75) is 13.5 Å². The van der Waals surface area contributed by atoms with Crippen LogP contribution in [0.3, 0.4) is 0 Å². The number of H-pyrrole nitrogens is 2. The van der Waals surface area contributed by atoms with Gasteiger partial charge in [-0.15, -0.1) is 0 Å². The summed E-state index contributed by atoms with van der Waals surface area (Å²) in [5.41, 5.74) is 2.70. The van der Waals surface area contributed by atoms with Gasteiger partial charge in [0.1, 0.15) is 5.82 Å². The molecule has 3 rings (SSSR count). The molecule has 0 aliphatic heterocycles. The van der Waals surface area contributed by atoms with E-state index in [1.165, 1.54) is 0 Å². The third-order valence-electron chi connectivity index (χ3n) is 2.66. The lowest BCUT2D eigenvalue weighted by Crippen LogP contribution is -2.03. The van der Waals surface area contributed by atoms with E-state index in [0.29, 0.717) is 18.0 Å². The summed E-state index contributed by atoms with van der Waals surface area (Å²) in [6.45, 7) is 2.57. The molecule has 3 heterocycles. The van der Waals surface area contributed by atoms with Crippen molar-refractivity contribution in [2.75, 3.05) is 5.32 Å². The van der Waals surface area contributed by atoms with Crippen molar-refractivity contribution in [3.8, 4) is 0 Å². The van der Waals surface area contributed by atoms with Crippen LogP contribution < -0.4 is 5.32 Å². The highest BCUT2D eigenvalue weighted by atomic mass is 35.5. The smallest absolute Gasteiger partial charge is 0.226 e. The molecule has 0 atom stereocenters. The van der Waals surface area contributed by atoms with Crippen LogP contribution in [0.15, 0.2) is 12.4 Å². The Hall–Kier alpha value is -2.15. The number of rotatable bonds is 3. The quantitative estimate of drug-likeness (QED) is 0.625. The van der Waals surface area contributed by atoms with Crippen molar-refractivity contribution < 1.29 is 0 Å². The maximum atomic E-state index is 5.84. The van der Waals surface area contributed by atoms with Crippen molar-refractivity contribution in [3.05, 3.63) is 28.9 Å². The zero-order valence-corrected chi connectivity index (χ0v) is 10.3. The highest BCUT2D eigenvalue weighted by Gasteiger charge is 2.09. The second kappa shape index (κ2) is 4.26. The molecular weight excluding hydrogens is 254 g/mol. The average molecular weight is 264 g/mol. The topological polar surface area (TPSA) is 95.2 Å². The highest BCUT2D eigenvalue weighted by Crippen LogP contribution is 2.20. The van der Waals surface area contributed by atoms with E-state index in [9.17, 15) is 0 Å². The van der Waals surface area contributed by atoms with Crippen molar-refractivity contribution in [3.63, 3.8) is 0 Å². The minimum absolute atomic E-state index is 0.179. The number of aromatic nitrogens is 6. The van der Waals surface area contributed by atoms with Crippen LogP contribution in [0.5, 0.6) is 0 Å². The summed E-state index contributed by atoms with van der Waals surface area (Å²) >= 11 is 5.84. The molecule has 0 radical (unpaired) electrons. The monoisotopic (exact) mass is 263 g/mol. The SMILES string of the molecule is Cc1[nH]ncc1CNc1nc(Cl)nc2[nH]ncc12. The number of aromatic amines is 2. The Kier molecular flexibility index (Phi) is 2.60. The average Bonchev–Trinajstić information content (AvgIpc) is 2.94. The summed E-state index contributed by atoms with van der Waals surface area (Å²) < 4.78 is 0. The van der Waals surface area contributed by atoms with E-state index >= 15 is 0 Å². The predicted octanol–water partition coefficient (Wildman–Crippen LogP) is 1.65. The Morgan fingerprint density at radius 1 is 1.22 bits per heavy atom. The predicted molar refractivity (Wildman–Crippen MR) is 67.3 cm³/mol. The summed E-state index contributed by atoms with van der Waals surface area (Å²) in [6.07, 6.45) is 3.44. The number of aryl methyl sites for hydroxylation is 1. The molecule has 0 aliphatic rings. The zero-order chi connectivity index (χ0) is 12.5. The minimum Gasteiger partial charge on any atom is -0.365 e. The van der Waals surface area contributed by atoms with Crippen LogP contribution in [0.4, 0.5) is 5.82 Å². The molecule has 18 heavy (non-hydrogen) atoms. The van der Waals surface area contributed by atoms with Crippen LogP contribution in [0.2, 0.25) is 5.28 Å². The fraction of sp³-hybridized carbons (Fsp3) is 0.200. The third-order valence-corrected chi connectivity index (χ3v) is 2.83. The van der Waals surface area contributed by atoms with E-state index in [0.717, 1.165) is 16.6 Å². The van der Waals surface area contributed by atoms with E-state index in [-0.39, 0.29) is 5.28 Å². The normalized spacial score (nSPS) is 11.0. The van der Waals surface area contributed by atoms with Gasteiger partial charge in [-0.25, -0.2) is 0 Å². The first-order valence-electron chi connectivity index (χ1n) is 5.33. The van der Waals surface area contributed by atoms with Gasteiger partial charge in [-0.2, -0.15) is 20.2 Å². The van der Waals surface area contributed by atoms with Crippen molar-refractivity contribution >= 4 is 28.5 Å². The Morgan fingerprint density at radius 3 is 2.83 bits per heavy atom. The Labute approximate surface area is 107 Å². The van der Waals surface area contributed by atoms with Crippen LogP contribution in [0.25, 0.3) is 11.0 Å². The van der Waals surface area contributed by atoms with Gasteiger partial charge < -0.3 is 5.32 Å². The van der Waals surface area contributed by atoms with Gasteiger partial charge in [-0.3, -0.25) is 10.2 Å². The molecule has 0 fully saturated rings. The molecule has 3 N–H and O–H groups in total. The van der Waals surface area contributed by atoms with Crippen LogP contribution in [0.1, 0.15) is 11.3 Å². The van der Waals surface area contributed by atoms with Gasteiger partial charge in [-0.1, -0.05) is 0 Å². The molecule has 92 valence electrons. The van der Waals surface area contributed by atoms with Crippen LogP contribution in [0, 0.1) is 6.92 Å². The molecule has 0 saturated heterocycles. The van der Waals surface area contributed by atoms with E-state index in [1.54, 1.807) is 12.4 Å². The molecule has 0 saturated carbocycles. The standard InChI is InChI=1S/C10H10ClN7/c1-5-6(3-13-17-5)2-12-8-7-4-14-18-9(7)16-10(11)15-8/h3-4H,2H2,1H3,(H,13,17)(H2,12,14,15,16,18). The Morgan fingerprint density at radius 2 is 2.06 bits per heavy atom. The van der Waals surface area contributed by atoms with Crippen molar-refractivity contribution in [1.82, 2.24) is 30.4 Å². The van der Waals surface area contributed by atoms with Crippen LogP contribution in [-0.2, 0) is 6.54 Å². The summed E-state index contributed by atoms with van der Waals surface area (Å²) in [6, 6.07) is 0. The lowest BCUT2D eigenvalue weighted by molar-refractivity contribution is 1.04. The number of anilines is 1. The molecular formula is C10H10ClN7. The number of nitrogens with one attached hydrogen (secondary N) is 3. The van der Waals surface area contributed by atoms with E-state index in [2.05, 4.69) is 35.7 Å². The molecule has 0 spiro atoms. The largest absolute Gasteiger partial charge is 0.365 e. The van der Waals surface area contributed by atoms with E-state index in [1.807, 2.05) is 6.92 Å². The summed E-state index contributed by atoms with van der Waals surface area (Å²) in [4.78, 5) is 8.19. The van der Waals surface area contributed by atoms with Gasteiger partial charge in [-0.05, 0) is 18.5 Å². The van der Waals surface area contributed by atoms with Crippen LogP contribution >= 0.6 is 11.6 Å². The van der Waals surface area contributed by atoms with Gasteiger partial charge >= 0.3 is 0 Å². The number of hydrogen-bond donors (Lipinski definition) is 3. The summed E-state index contributed by atoms with van der Waals surface area (Å²) in [7, 11) is 0. The van der Waals surface area contributed by atoms with Gasteiger partial charge in [0.05, 0.1) is 17.8 Å². The molecule has 0 unspecified atom stereocenters. The maximum Gasteiger partial charge on any atom is 0.226 e. The lowest BCUT2D eigenvalue weighted by atomic mass is 10.2. The molecule has 0 bridgehead atoms. The molecule has 8 heteroatoms. The fourth-order valence-electron chi connectivity index (χ4n) is 1.68. The first-order chi connectivity index (χ1) is 8.74. The summed E-state index contributed by atoms with van der Waals surface area (Å²) in [5.74, 6) is 0.652. The fourth-order valence-corrected chi connectivity index (χ4v) is 1.84. The van der Waals surface area contributed by atoms with Gasteiger partial charge in [0.15, 0.2) is 5.65 Å². The lowest BCUT2D eigenvalue weighted by Gasteiger charge is -2.05. The molecule has 7 nitrogen and oxygen atoms in total. The van der Waals surface area contributed by atoms with Crippen molar-refractivity contribution in [2.24, 2.45) is 0 Å². The highest BCUT2D eigenvalue weighted by molar-refractivity contribution is 6.28. The Balaban J connectivity index is 1.90. The van der Waals surface area contributed by atoms with E-state index < -0.39 is 0 Å². The van der Waals surface area contributed by atoms with Crippen LogP contribution in [-0.4, -0.2) is 30.4 Å². The Bertz CT molecular complexity index is 686. The zero-order valence-electron chi connectivity index (χ0n) is 9.53. The van der Waals surface area contributed by atoms with E-state index in [4.69, 9.17) is 11.6 Å². The molecule has 0 amide bonds. The molecule has 0 aromatic carbocycles. The first kappa shape index (κ1) is 11.0. The second-order valence-electron chi connectivity index (χ2n) is 3.85. The van der Waals surface area contributed by atoms with Gasteiger partial charge in [0.25, 0.3) is 0 Å². The number of halogens is 1. The molecule has 3 aromatic rings. The summed E-state index contributed by atoms with van der Waals surface area (Å²) in [5, 5.41) is 17.7. The second-order valence-corrected chi connectivity index (χ2v) is 4.19. The number of nitrogens with zero attached hydrogens (tertiary/aromatic N) is 4. The molecule has 0 aliphatic carbocycles. The third kappa shape index (κ3) is 1.88.